The molecule has 2 atom stereocenters. The van der Waals surface area contributed by atoms with Crippen LogP contribution in [0.15, 0.2) is 54.6 Å². The molecule has 0 fully saturated rings. The largest absolute Gasteiger partial charge is 0.497 e. The molecule has 3 N–H and O–H groups in total. The lowest BCUT2D eigenvalue weighted by atomic mass is 10.0. The Morgan fingerprint density at radius 2 is 1.69 bits per heavy atom. The van der Waals surface area contributed by atoms with Crippen LogP contribution in [0.2, 0.25) is 0 Å². The molecule has 0 spiro atoms. The van der Waals surface area contributed by atoms with E-state index < -0.39 is 6.04 Å². The van der Waals surface area contributed by atoms with Crippen molar-refractivity contribution >= 4 is 23.3 Å². The molecule has 2 amide bonds. The van der Waals surface area contributed by atoms with E-state index in [1.165, 1.54) is 6.92 Å². The van der Waals surface area contributed by atoms with Crippen LogP contribution in [0.4, 0.5) is 5.69 Å². The molecule has 2 aromatic carbocycles. The van der Waals surface area contributed by atoms with Crippen molar-refractivity contribution in [3.05, 3.63) is 60.2 Å². The molecule has 0 aliphatic heterocycles. The van der Waals surface area contributed by atoms with Crippen LogP contribution >= 0.6 is 0 Å². The van der Waals surface area contributed by atoms with Gasteiger partial charge in [0.2, 0.25) is 0 Å². The van der Waals surface area contributed by atoms with Crippen molar-refractivity contribution in [3.8, 4) is 5.75 Å². The minimum Gasteiger partial charge on any atom is -0.497 e. The van der Waals surface area contributed by atoms with E-state index in [0.29, 0.717) is 22.8 Å². The van der Waals surface area contributed by atoms with E-state index in [9.17, 15) is 14.4 Å². The fourth-order valence-corrected chi connectivity index (χ4v) is 2.91. The molecule has 2 aromatic rings. The Bertz CT molecular complexity index is 839. The minimum atomic E-state index is -0.580. The molecule has 1 unspecified atom stereocenters. The van der Waals surface area contributed by atoms with Gasteiger partial charge in [0.05, 0.1) is 20.2 Å². The topological polar surface area (TPSA) is 88.9 Å². The second kappa shape index (κ2) is 11.0. The van der Waals surface area contributed by atoms with E-state index in [4.69, 9.17) is 4.74 Å². The summed E-state index contributed by atoms with van der Waals surface area (Å²) in [7, 11) is 3.31. The summed E-state index contributed by atoms with van der Waals surface area (Å²) in [6, 6.07) is 16.0. The first kappa shape index (κ1) is 22.1. The van der Waals surface area contributed by atoms with Crippen LogP contribution in [0.25, 0.3) is 0 Å². The number of quaternary nitrogens is 1. The first-order chi connectivity index (χ1) is 13.9. The molecule has 0 aliphatic rings. The Balaban J connectivity index is 1.83. The average Bonchev–Trinajstić information content (AvgIpc) is 2.68. The number of hydrogen-bond donors (Lipinski definition) is 3. The third kappa shape index (κ3) is 7.75. The highest BCUT2D eigenvalue weighted by molar-refractivity contribution is 5.92. The van der Waals surface area contributed by atoms with Gasteiger partial charge < -0.3 is 20.3 Å². The van der Waals surface area contributed by atoms with Gasteiger partial charge in [0.15, 0.2) is 18.9 Å². The van der Waals surface area contributed by atoms with Crippen molar-refractivity contribution in [2.24, 2.45) is 0 Å². The molecule has 0 aliphatic carbocycles. The Labute approximate surface area is 171 Å². The number of ketones is 1. The quantitative estimate of drug-likeness (QED) is 0.543. The molecule has 0 radical (unpaired) electrons. The van der Waals surface area contributed by atoms with E-state index in [-0.39, 0.29) is 30.7 Å². The number of Topliss-reactive ketones (excluding diaryl/α,β-unsaturated/α-hetero) is 1. The summed E-state index contributed by atoms with van der Waals surface area (Å²) in [5.41, 5.74) is 1.61. The molecule has 7 nitrogen and oxygen atoms in total. The summed E-state index contributed by atoms with van der Waals surface area (Å²) in [4.78, 5) is 37.2. The van der Waals surface area contributed by atoms with Crippen molar-refractivity contribution in [1.29, 1.82) is 0 Å². The molecular weight excluding hydrogens is 370 g/mol. The number of hydrogen-bond acceptors (Lipinski definition) is 4. The van der Waals surface area contributed by atoms with E-state index in [0.717, 1.165) is 5.56 Å². The standard InChI is InChI=1S/C22H27N3O4/c1-16(26)20(12-17-8-5-4-6-9-17)24-22(28)15-25(2)14-21(27)23-18-10-7-11-19(13-18)29-3/h4-11,13,20H,12,14-15H2,1-3H3,(H,23,27)(H,24,28)/p+1/t20-/m1/s1. The van der Waals surface area contributed by atoms with Gasteiger partial charge in [-0.2, -0.15) is 0 Å². The van der Waals surface area contributed by atoms with E-state index in [1.54, 1.807) is 38.4 Å². The molecule has 29 heavy (non-hydrogen) atoms. The van der Waals surface area contributed by atoms with Gasteiger partial charge in [-0.3, -0.25) is 14.4 Å². The number of carbonyl (C=O) groups excluding carboxylic acids is 3. The van der Waals surface area contributed by atoms with Crippen LogP contribution in [0, 0.1) is 0 Å². The van der Waals surface area contributed by atoms with E-state index in [1.807, 2.05) is 30.3 Å². The lowest BCUT2D eigenvalue weighted by molar-refractivity contribution is -0.862. The zero-order chi connectivity index (χ0) is 21.2. The maximum absolute atomic E-state index is 12.3. The number of ether oxygens (including phenoxy) is 1. The molecule has 7 heteroatoms. The van der Waals surface area contributed by atoms with Gasteiger partial charge in [-0.05, 0) is 31.0 Å². The Kier molecular flexibility index (Phi) is 8.36. The fraction of sp³-hybridized carbons (Fsp3) is 0.318. The highest BCUT2D eigenvalue weighted by Crippen LogP contribution is 2.16. The summed E-state index contributed by atoms with van der Waals surface area (Å²) in [5.74, 6) is 0.0657. The number of likely N-dealkylation sites (N-methyl/N-ethyl adjacent to an activating group) is 1. The second-order valence-corrected chi connectivity index (χ2v) is 7.01. The summed E-state index contributed by atoms with van der Waals surface area (Å²) in [6.45, 7) is 1.67. The number of amides is 2. The third-order valence-corrected chi connectivity index (χ3v) is 4.39. The summed E-state index contributed by atoms with van der Waals surface area (Å²) < 4.78 is 5.13. The van der Waals surface area contributed by atoms with Crippen molar-refractivity contribution in [1.82, 2.24) is 5.32 Å². The molecule has 154 valence electrons. The van der Waals surface area contributed by atoms with E-state index >= 15 is 0 Å². The van der Waals surface area contributed by atoms with Gasteiger partial charge in [0, 0.05) is 11.8 Å². The number of rotatable bonds is 10. The molecule has 0 aromatic heterocycles. The Hall–Kier alpha value is -3.19. The highest BCUT2D eigenvalue weighted by Gasteiger charge is 2.20. The molecule has 0 heterocycles. The zero-order valence-electron chi connectivity index (χ0n) is 17.0. The minimum absolute atomic E-state index is 0.0874. The first-order valence-electron chi connectivity index (χ1n) is 9.46. The number of nitrogens with one attached hydrogen (secondary N) is 3. The van der Waals surface area contributed by atoms with Crippen molar-refractivity contribution in [2.45, 2.75) is 19.4 Å². The molecular formula is C22H28N3O4+. The highest BCUT2D eigenvalue weighted by atomic mass is 16.5. The molecule has 2 rings (SSSR count). The fourth-order valence-electron chi connectivity index (χ4n) is 2.91. The van der Waals surface area contributed by atoms with Gasteiger partial charge in [-0.25, -0.2) is 0 Å². The van der Waals surface area contributed by atoms with Crippen LogP contribution in [0.5, 0.6) is 5.75 Å². The number of carbonyl (C=O) groups is 3. The van der Waals surface area contributed by atoms with Crippen molar-refractivity contribution in [2.75, 3.05) is 32.6 Å². The van der Waals surface area contributed by atoms with E-state index in [2.05, 4.69) is 10.6 Å². The number of benzene rings is 2. The normalized spacial score (nSPS) is 12.5. The smallest absolute Gasteiger partial charge is 0.279 e. The van der Waals surface area contributed by atoms with Gasteiger partial charge in [0.25, 0.3) is 11.8 Å². The van der Waals surface area contributed by atoms with Gasteiger partial charge in [-0.15, -0.1) is 0 Å². The summed E-state index contributed by atoms with van der Waals surface area (Å²) in [6.07, 6.45) is 0.442. The van der Waals surface area contributed by atoms with Gasteiger partial charge in [-0.1, -0.05) is 36.4 Å². The predicted octanol–water partition coefficient (Wildman–Crippen LogP) is 0.465. The zero-order valence-corrected chi connectivity index (χ0v) is 17.0. The Morgan fingerprint density at radius 1 is 1.00 bits per heavy atom. The maximum atomic E-state index is 12.3. The lowest BCUT2D eigenvalue weighted by Crippen LogP contribution is -3.11. The van der Waals surface area contributed by atoms with Gasteiger partial charge in [0.1, 0.15) is 5.75 Å². The SMILES string of the molecule is COc1cccc(NC(=O)C[NH+](C)CC(=O)N[C@H](Cc2ccccc2)C(C)=O)c1. The number of anilines is 1. The number of methoxy groups -OCH3 is 1. The maximum Gasteiger partial charge on any atom is 0.279 e. The van der Waals surface area contributed by atoms with Crippen LogP contribution in [-0.2, 0) is 20.8 Å². The van der Waals surface area contributed by atoms with Gasteiger partial charge >= 0.3 is 0 Å². The summed E-state index contributed by atoms with van der Waals surface area (Å²) >= 11 is 0. The molecule has 0 saturated heterocycles. The van der Waals surface area contributed by atoms with Crippen LogP contribution < -0.4 is 20.3 Å². The molecule has 0 bridgehead atoms. The average molecular weight is 398 g/mol. The third-order valence-electron chi connectivity index (χ3n) is 4.39. The first-order valence-corrected chi connectivity index (χ1v) is 9.46. The van der Waals surface area contributed by atoms with Crippen LogP contribution in [0.1, 0.15) is 12.5 Å². The second-order valence-electron chi connectivity index (χ2n) is 7.01. The lowest BCUT2D eigenvalue weighted by Gasteiger charge is -2.18. The van der Waals surface area contributed by atoms with Crippen LogP contribution in [0.3, 0.4) is 0 Å². The van der Waals surface area contributed by atoms with Crippen molar-refractivity contribution < 1.29 is 24.0 Å². The van der Waals surface area contributed by atoms with Crippen molar-refractivity contribution in [3.63, 3.8) is 0 Å². The monoisotopic (exact) mass is 398 g/mol. The van der Waals surface area contributed by atoms with Crippen LogP contribution in [-0.4, -0.2) is 50.9 Å². The predicted molar refractivity (Wildman–Crippen MR) is 111 cm³/mol. The molecule has 0 saturated carbocycles. The Morgan fingerprint density at radius 3 is 2.34 bits per heavy atom. The summed E-state index contributed by atoms with van der Waals surface area (Å²) in [5, 5.41) is 5.56.